The monoisotopic (exact) mass is 343 g/mol. The number of methoxy groups -OCH3 is 1. The van der Waals surface area contributed by atoms with Gasteiger partial charge in [-0.05, 0) is 55.7 Å². The molecular weight excluding hydrogens is 310 g/mol. The van der Waals surface area contributed by atoms with Crippen molar-refractivity contribution in [3.8, 4) is 0 Å². The Bertz CT molecular complexity index is 533. The summed E-state index contributed by atoms with van der Waals surface area (Å²) in [5, 5.41) is 3.63. The molecule has 2 atom stereocenters. The summed E-state index contributed by atoms with van der Waals surface area (Å²) in [6.07, 6.45) is 9.33. The van der Waals surface area contributed by atoms with Gasteiger partial charge in [-0.25, -0.2) is 0 Å². The summed E-state index contributed by atoms with van der Waals surface area (Å²) >= 11 is 0. The SMILES string of the molecule is C=C1CC(CC)CC(CNCc2ccc(/C=C/C)cc2)C1.COC=O. The molecule has 1 fully saturated rings. The number of benzene rings is 1. The van der Waals surface area contributed by atoms with E-state index in [2.05, 4.69) is 66.9 Å². The van der Waals surface area contributed by atoms with Crippen LogP contribution in [0, 0.1) is 11.8 Å². The molecule has 0 aliphatic heterocycles. The second-order valence-electron chi connectivity index (χ2n) is 6.74. The first-order valence-corrected chi connectivity index (χ1v) is 9.18. The van der Waals surface area contributed by atoms with E-state index >= 15 is 0 Å². The highest BCUT2D eigenvalue weighted by molar-refractivity contribution is 5.49. The van der Waals surface area contributed by atoms with E-state index < -0.39 is 0 Å². The Labute approximate surface area is 153 Å². The zero-order valence-corrected chi connectivity index (χ0v) is 16.0. The van der Waals surface area contributed by atoms with Crippen LogP contribution in [0.15, 0.2) is 42.5 Å². The maximum Gasteiger partial charge on any atom is 0.292 e. The van der Waals surface area contributed by atoms with Gasteiger partial charge in [0, 0.05) is 6.54 Å². The molecule has 1 saturated carbocycles. The lowest BCUT2D eigenvalue weighted by Crippen LogP contribution is -2.27. The highest BCUT2D eigenvalue weighted by Gasteiger charge is 2.22. The first kappa shape index (κ1) is 21.2. The molecule has 138 valence electrons. The van der Waals surface area contributed by atoms with Crippen LogP contribution in [0.3, 0.4) is 0 Å². The molecule has 1 aromatic rings. The first-order chi connectivity index (χ1) is 12.1. The normalized spacial score (nSPS) is 20.0. The molecule has 0 radical (unpaired) electrons. The van der Waals surface area contributed by atoms with Crippen LogP contribution in [0.5, 0.6) is 0 Å². The minimum Gasteiger partial charge on any atom is -0.471 e. The van der Waals surface area contributed by atoms with Crippen molar-refractivity contribution in [3.05, 3.63) is 53.6 Å². The van der Waals surface area contributed by atoms with Gasteiger partial charge in [0.2, 0.25) is 0 Å². The predicted molar refractivity (Wildman–Crippen MR) is 106 cm³/mol. The Morgan fingerprint density at radius 1 is 1.24 bits per heavy atom. The first-order valence-electron chi connectivity index (χ1n) is 9.18. The molecule has 3 nitrogen and oxygen atoms in total. The van der Waals surface area contributed by atoms with Gasteiger partial charge in [0.1, 0.15) is 0 Å². The van der Waals surface area contributed by atoms with Gasteiger partial charge >= 0.3 is 0 Å². The third-order valence-electron chi connectivity index (χ3n) is 4.60. The molecule has 0 saturated heterocycles. The lowest BCUT2D eigenvalue weighted by molar-refractivity contribution is -0.126. The van der Waals surface area contributed by atoms with Crippen molar-refractivity contribution in [1.29, 1.82) is 0 Å². The van der Waals surface area contributed by atoms with Gasteiger partial charge < -0.3 is 10.1 Å². The number of ether oxygens (including phenoxy) is 1. The summed E-state index contributed by atoms with van der Waals surface area (Å²) < 4.78 is 3.86. The lowest BCUT2D eigenvalue weighted by Gasteiger charge is -2.30. The minimum atomic E-state index is 0.375. The van der Waals surface area contributed by atoms with Crippen molar-refractivity contribution in [3.63, 3.8) is 0 Å². The van der Waals surface area contributed by atoms with Crippen LogP contribution in [0.2, 0.25) is 0 Å². The van der Waals surface area contributed by atoms with Gasteiger partial charge in [-0.3, -0.25) is 4.79 Å². The molecule has 2 rings (SSSR count). The number of hydrogen-bond acceptors (Lipinski definition) is 3. The largest absolute Gasteiger partial charge is 0.471 e. The van der Waals surface area contributed by atoms with E-state index in [4.69, 9.17) is 4.79 Å². The summed E-state index contributed by atoms with van der Waals surface area (Å²) in [6, 6.07) is 8.81. The van der Waals surface area contributed by atoms with Crippen molar-refractivity contribution < 1.29 is 9.53 Å². The Kier molecular flexibility index (Phi) is 10.6. The van der Waals surface area contributed by atoms with E-state index in [1.54, 1.807) is 0 Å². The maximum absolute atomic E-state index is 8.95. The van der Waals surface area contributed by atoms with Crippen LogP contribution in [0.1, 0.15) is 50.7 Å². The molecular formula is C22H33NO2. The Morgan fingerprint density at radius 2 is 1.88 bits per heavy atom. The lowest BCUT2D eigenvalue weighted by atomic mass is 9.78. The number of rotatable bonds is 7. The Balaban J connectivity index is 0.000000705. The van der Waals surface area contributed by atoms with E-state index in [-0.39, 0.29) is 0 Å². The van der Waals surface area contributed by atoms with E-state index in [0.717, 1.165) is 24.9 Å². The highest BCUT2D eigenvalue weighted by atomic mass is 16.5. The summed E-state index contributed by atoms with van der Waals surface area (Å²) in [7, 11) is 1.31. The number of carbonyl (C=O) groups excluding carboxylic acids is 1. The third-order valence-corrected chi connectivity index (χ3v) is 4.60. The van der Waals surface area contributed by atoms with Crippen LogP contribution in [0.4, 0.5) is 0 Å². The van der Waals surface area contributed by atoms with Gasteiger partial charge in [-0.2, -0.15) is 0 Å². The van der Waals surface area contributed by atoms with Crippen molar-refractivity contribution in [2.75, 3.05) is 13.7 Å². The van der Waals surface area contributed by atoms with E-state index in [1.165, 1.54) is 49.5 Å². The average molecular weight is 344 g/mol. The van der Waals surface area contributed by atoms with Crippen LogP contribution >= 0.6 is 0 Å². The van der Waals surface area contributed by atoms with Crippen LogP contribution in [-0.4, -0.2) is 20.1 Å². The Hall–Kier alpha value is -1.87. The molecule has 0 heterocycles. The van der Waals surface area contributed by atoms with E-state index in [9.17, 15) is 0 Å². The molecule has 1 aromatic carbocycles. The zero-order chi connectivity index (χ0) is 18.5. The molecule has 1 N–H and O–H groups in total. The van der Waals surface area contributed by atoms with Gasteiger partial charge in [0.25, 0.3) is 6.47 Å². The quantitative estimate of drug-likeness (QED) is 0.560. The molecule has 1 aliphatic rings. The van der Waals surface area contributed by atoms with Crippen molar-refractivity contribution >= 4 is 12.5 Å². The van der Waals surface area contributed by atoms with Crippen molar-refractivity contribution in [2.24, 2.45) is 11.8 Å². The number of hydrogen-bond donors (Lipinski definition) is 1. The summed E-state index contributed by atoms with van der Waals surface area (Å²) in [4.78, 5) is 8.95. The smallest absolute Gasteiger partial charge is 0.292 e. The van der Waals surface area contributed by atoms with Gasteiger partial charge in [0.15, 0.2) is 0 Å². The van der Waals surface area contributed by atoms with Crippen LogP contribution in [0.25, 0.3) is 6.08 Å². The summed E-state index contributed by atoms with van der Waals surface area (Å²) in [5.74, 6) is 1.64. The fourth-order valence-corrected chi connectivity index (χ4v) is 3.36. The summed E-state index contributed by atoms with van der Waals surface area (Å²) in [5.41, 5.74) is 4.09. The number of nitrogens with one attached hydrogen (secondary N) is 1. The van der Waals surface area contributed by atoms with Crippen LogP contribution < -0.4 is 5.32 Å². The molecule has 3 heteroatoms. The molecule has 0 bridgehead atoms. The molecule has 2 unspecified atom stereocenters. The molecule has 0 amide bonds. The standard InChI is InChI=1S/C20H29N.C2H4O2/c1-4-6-18-7-9-19(10-8-18)14-21-15-20-12-16(3)11-17(5-2)13-20;1-4-2-3/h4,6-10,17,20-21H,3,5,11-15H2,1-2H3;2H,1H3/b6-4+;. The fourth-order valence-electron chi connectivity index (χ4n) is 3.36. The Morgan fingerprint density at radius 3 is 2.44 bits per heavy atom. The van der Waals surface area contributed by atoms with Gasteiger partial charge in [-0.15, -0.1) is 0 Å². The molecule has 0 spiro atoms. The molecule has 25 heavy (non-hydrogen) atoms. The summed E-state index contributed by atoms with van der Waals surface area (Å²) in [6.45, 7) is 11.0. The second-order valence-corrected chi connectivity index (χ2v) is 6.74. The third kappa shape index (κ3) is 8.69. The number of carbonyl (C=O) groups is 1. The molecule has 0 aromatic heterocycles. The van der Waals surface area contributed by atoms with E-state index in [1.807, 2.05) is 0 Å². The van der Waals surface area contributed by atoms with Gasteiger partial charge in [-0.1, -0.05) is 61.9 Å². The minimum absolute atomic E-state index is 0.375. The van der Waals surface area contributed by atoms with Crippen molar-refractivity contribution in [1.82, 2.24) is 5.32 Å². The van der Waals surface area contributed by atoms with Crippen LogP contribution in [-0.2, 0) is 16.1 Å². The predicted octanol–water partition coefficient (Wildman–Crippen LogP) is 4.98. The fraction of sp³-hybridized carbons (Fsp3) is 0.500. The highest BCUT2D eigenvalue weighted by Crippen LogP contribution is 2.33. The van der Waals surface area contributed by atoms with Crippen molar-refractivity contribution in [2.45, 2.75) is 46.1 Å². The zero-order valence-electron chi connectivity index (χ0n) is 16.0. The van der Waals surface area contributed by atoms with Gasteiger partial charge in [0.05, 0.1) is 7.11 Å². The number of allylic oxidation sites excluding steroid dienone is 2. The topological polar surface area (TPSA) is 38.3 Å². The van der Waals surface area contributed by atoms with E-state index in [0.29, 0.717) is 6.47 Å². The molecule has 1 aliphatic carbocycles. The maximum atomic E-state index is 8.95. The average Bonchev–Trinajstić information content (AvgIpc) is 2.63. The second kappa shape index (κ2) is 12.5.